The lowest BCUT2D eigenvalue weighted by Gasteiger charge is -2.28. The van der Waals surface area contributed by atoms with Crippen LogP contribution in [-0.4, -0.2) is 35.4 Å². The van der Waals surface area contributed by atoms with Crippen LogP contribution in [0.2, 0.25) is 0 Å². The lowest BCUT2D eigenvalue weighted by molar-refractivity contribution is 0.0199. The predicted octanol–water partition coefficient (Wildman–Crippen LogP) is 2.96. The Morgan fingerprint density at radius 2 is 2.00 bits per heavy atom. The zero-order valence-corrected chi connectivity index (χ0v) is 13.9. The zero-order valence-electron chi connectivity index (χ0n) is 13.9. The number of nitrogens with zero attached hydrogens (tertiary/aromatic N) is 1. The first kappa shape index (κ1) is 16.7. The number of rotatable bonds is 7. The van der Waals surface area contributed by atoms with Crippen molar-refractivity contribution < 1.29 is 9.53 Å². The van der Waals surface area contributed by atoms with Gasteiger partial charge in [-0.25, -0.2) is 0 Å². The van der Waals surface area contributed by atoms with Crippen LogP contribution in [0.25, 0.3) is 0 Å². The van der Waals surface area contributed by atoms with Gasteiger partial charge in [-0.05, 0) is 43.6 Å². The summed E-state index contributed by atoms with van der Waals surface area (Å²) in [5.41, 5.74) is 1.92. The van der Waals surface area contributed by atoms with Crippen LogP contribution < -0.4 is 5.32 Å². The third-order valence-electron chi connectivity index (χ3n) is 4.69. The Labute approximate surface area is 142 Å². The van der Waals surface area contributed by atoms with E-state index in [9.17, 15) is 4.79 Å². The van der Waals surface area contributed by atoms with Crippen molar-refractivity contribution in [1.82, 2.24) is 15.5 Å². The maximum Gasteiger partial charge on any atom is 0.254 e. The van der Waals surface area contributed by atoms with E-state index in [1.54, 1.807) is 12.4 Å². The second-order valence-electron chi connectivity index (χ2n) is 6.45. The van der Waals surface area contributed by atoms with Crippen LogP contribution in [0.5, 0.6) is 0 Å². The number of hydrogen-bond donors (Lipinski definition) is 2. The summed E-state index contributed by atoms with van der Waals surface area (Å²) in [6, 6.07) is 10.5. The summed E-state index contributed by atoms with van der Waals surface area (Å²) < 4.78 is 6.02. The molecule has 1 aliphatic carbocycles. The first-order valence-corrected chi connectivity index (χ1v) is 8.74. The van der Waals surface area contributed by atoms with Gasteiger partial charge in [0.2, 0.25) is 0 Å². The number of H-pyrrole nitrogens is 1. The van der Waals surface area contributed by atoms with Crippen LogP contribution in [-0.2, 0) is 11.2 Å². The Morgan fingerprint density at radius 1 is 1.21 bits per heavy atom. The second kappa shape index (κ2) is 8.64. The minimum absolute atomic E-state index is 0.0509. The number of carbonyl (C=O) groups is 1. The van der Waals surface area contributed by atoms with Crippen molar-refractivity contribution in [3.05, 3.63) is 53.9 Å². The summed E-state index contributed by atoms with van der Waals surface area (Å²) in [7, 11) is 0. The standard InChI is InChI=1S/C19H25N3O2/c23-19(17-13-21-22-14-17)20-12-16-6-8-18(9-7-16)24-11-10-15-4-2-1-3-5-15/h1-5,13-14,16,18H,6-12H2,(H,20,23)(H,21,22)/t16-,18+. The highest BCUT2D eigenvalue weighted by molar-refractivity contribution is 5.93. The normalized spacial score (nSPS) is 20.7. The van der Waals surface area contributed by atoms with E-state index in [-0.39, 0.29) is 5.91 Å². The molecule has 24 heavy (non-hydrogen) atoms. The van der Waals surface area contributed by atoms with Crippen LogP contribution in [0.3, 0.4) is 0 Å². The number of hydrogen-bond acceptors (Lipinski definition) is 3. The molecule has 1 fully saturated rings. The van der Waals surface area contributed by atoms with Crippen LogP contribution in [0.1, 0.15) is 41.6 Å². The molecular formula is C19H25N3O2. The van der Waals surface area contributed by atoms with Gasteiger partial charge in [-0.3, -0.25) is 9.89 Å². The molecule has 5 heteroatoms. The smallest absolute Gasteiger partial charge is 0.254 e. The highest BCUT2D eigenvalue weighted by atomic mass is 16.5. The first-order valence-electron chi connectivity index (χ1n) is 8.74. The fourth-order valence-corrected chi connectivity index (χ4v) is 3.20. The number of nitrogens with one attached hydrogen (secondary N) is 2. The molecule has 1 amide bonds. The van der Waals surface area contributed by atoms with Gasteiger partial charge in [0, 0.05) is 12.7 Å². The van der Waals surface area contributed by atoms with Crippen LogP contribution in [0.4, 0.5) is 0 Å². The van der Waals surface area contributed by atoms with Gasteiger partial charge < -0.3 is 10.1 Å². The monoisotopic (exact) mass is 327 g/mol. The second-order valence-corrected chi connectivity index (χ2v) is 6.45. The summed E-state index contributed by atoms with van der Waals surface area (Å²) in [5, 5.41) is 9.45. The molecule has 0 radical (unpaired) electrons. The molecule has 1 heterocycles. The molecule has 1 saturated carbocycles. The molecule has 5 nitrogen and oxygen atoms in total. The van der Waals surface area contributed by atoms with Crippen molar-refractivity contribution in [1.29, 1.82) is 0 Å². The fourth-order valence-electron chi connectivity index (χ4n) is 3.20. The van der Waals surface area contributed by atoms with E-state index in [1.807, 2.05) is 6.07 Å². The molecule has 2 aromatic rings. The molecule has 2 N–H and O–H groups in total. The van der Waals surface area contributed by atoms with Crippen molar-refractivity contribution in [2.45, 2.75) is 38.2 Å². The molecule has 3 rings (SSSR count). The Bertz CT molecular complexity index is 605. The van der Waals surface area contributed by atoms with E-state index in [1.165, 1.54) is 5.56 Å². The topological polar surface area (TPSA) is 67.0 Å². The van der Waals surface area contributed by atoms with Gasteiger partial charge in [0.05, 0.1) is 24.5 Å². The summed E-state index contributed by atoms with van der Waals surface area (Å²) in [5.74, 6) is 0.500. The Morgan fingerprint density at radius 3 is 2.71 bits per heavy atom. The molecule has 0 saturated heterocycles. The minimum Gasteiger partial charge on any atom is -0.378 e. The summed E-state index contributed by atoms with van der Waals surface area (Å²) in [6.07, 6.45) is 8.90. The van der Waals surface area contributed by atoms with Gasteiger partial charge in [0.1, 0.15) is 0 Å². The highest BCUT2D eigenvalue weighted by Crippen LogP contribution is 2.26. The average molecular weight is 327 g/mol. The van der Waals surface area contributed by atoms with Gasteiger partial charge in [-0.15, -0.1) is 0 Å². The molecule has 1 aromatic heterocycles. The van der Waals surface area contributed by atoms with Crippen molar-refractivity contribution in [3.63, 3.8) is 0 Å². The summed E-state index contributed by atoms with van der Waals surface area (Å²) in [6.45, 7) is 1.53. The van der Waals surface area contributed by atoms with Crippen LogP contribution in [0, 0.1) is 5.92 Å². The number of carbonyl (C=O) groups excluding carboxylic acids is 1. The molecule has 0 spiro atoms. The molecule has 0 unspecified atom stereocenters. The van der Waals surface area contributed by atoms with E-state index in [0.717, 1.165) is 45.3 Å². The third kappa shape index (κ3) is 4.93. The van der Waals surface area contributed by atoms with E-state index < -0.39 is 0 Å². The Balaban J connectivity index is 1.30. The van der Waals surface area contributed by atoms with Crippen LogP contribution >= 0.6 is 0 Å². The van der Waals surface area contributed by atoms with Gasteiger partial charge >= 0.3 is 0 Å². The van der Waals surface area contributed by atoms with E-state index >= 15 is 0 Å². The number of ether oxygens (including phenoxy) is 1. The maximum atomic E-state index is 11.9. The maximum absolute atomic E-state index is 11.9. The number of benzene rings is 1. The average Bonchev–Trinajstić information content (AvgIpc) is 3.16. The van der Waals surface area contributed by atoms with Gasteiger partial charge in [-0.1, -0.05) is 30.3 Å². The summed E-state index contributed by atoms with van der Waals surface area (Å²) in [4.78, 5) is 11.9. The third-order valence-corrected chi connectivity index (χ3v) is 4.69. The van der Waals surface area contributed by atoms with E-state index in [4.69, 9.17) is 4.74 Å². The highest BCUT2D eigenvalue weighted by Gasteiger charge is 2.22. The van der Waals surface area contributed by atoms with Crippen molar-refractivity contribution >= 4 is 5.91 Å². The lowest BCUT2D eigenvalue weighted by atomic mass is 9.87. The van der Waals surface area contributed by atoms with E-state index in [2.05, 4.69) is 39.8 Å². The molecule has 1 aromatic carbocycles. The first-order chi connectivity index (χ1) is 11.8. The van der Waals surface area contributed by atoms with Crippen molar-refractivity contribution in [3.8, 4) is 0 Å². The molecular weight excluding hydrogens is 302 g/mol. The quantitative estimate of drug-likeness (QED) is 0.821. The Kier molecular flexibility index (Phi) is 6.01. The largest absolute Gasteiger partial charge is 0.378 e. The number of amides is 1. The number of aromatic nitrogens is 2. The molecule has 0 aliphatic heterocycles. The van der Waals surface area contributed by atoms with Crippen molar-refractivity contribution in [2.75, 3.05) is 13.2 Å². The molecule has 1 aliphatic rings. The van der Waals surface area contributed by atoms with Gasteiger partial charge in [0.25, 0.3) is 5.91 Å². The van der Waals surface area contributed by atoms with Crippen LogP contribution in [0.15, 0.2) is 42.7 Å². The molecule has 0 atom stereocenters. The number of aromatic amines is 1. The predicted molar refractivity (Wildman–Crippen MR) is 92.8 cm³/mol. The van der Waals surface area contributed by atoms with E-state index in [0.29, 0.717) is 17.6 Å². The minimum atomic E-state index is -0.0509. The SMILES string of the molecule is O=C(NC[C@H]1CC[C@@H](OCCc2ccccc2)CC1)c1cn[nH]c1. The Hall–Kier alpha value is -2.14. The lowest BCUT2D eigenvalue weighted by Crippen LogP contribution is -2.32. The molecule has 0 bridgehead atoms. The summed E-state index contributed by atoms with van der Waals surface area (Å²) >= 11 is 0. The fraction of sp³-hybridized carbons (Fsp3) is 0.474. The molecule has 128 valence electrons. The van der Waals surface area contributed by atoms with Crippen molar-refractivity contribution in [2.24, 2.45) is 5.92 Å². The van der Waals surface area contributed by atoms with Gasteiger partial charge in [0.15, 0.2) is 0 Å². The zero-order chi connectivity index (χ0) is 16.6. The van der Waals surface area contributed by atoms with Gasteiger partial charge in [-0.2, -0.15) is 5.10 Å².